The number of aliphatic imine (C=N–C) groups is 1. The Kier molecular flexibility index (Phi) is 3.71. The maximum atomic E-state index is 12.8. The van der Waals surface area contributed by atoms with Gasteiger partial charge in [0.1, 0.15) is 5.82 Å². The zero-order chi connectivity index (χ0) is 11.5. The van der Waals surface area contributed by atoms with Gasteiger partial charge in [0.15, 0.2) is 5.17 Å². The predicted molar refractivity (Wildman–Crippen MR) is 69.0 cm³/mol. The van der Waals surface area contributed by atoms with Crippen LogP contribution in [-0.2, 0) is 0 Å². The van der Waals surface area contributed by atoms with Crippen molar-refractivity contribution in [2.45, 2.75) is 6.92 Å². The monoisotopic (exact) mass is 258 g/mol. The van der Waals surface area contributed by atoms with Crippen molar-refractivity contribution in [2.75, 3.05) is 17.6 Å². The van der Waals surface area contributed by atoms with Crippen LogP contribution in [0, 0.1) is 11.7 Å². The lowest BCUT2D eigenvalue weighted by Gasteiger charge is -2.18. The van der Waals surface area contributed by atoms with Crippen LogP contribution in [0.5, 0.6) is 0 Å². The summed E-state index contributed by atoms with van der Waals surface area (Å²) in [5.74, 6) is 1.33. The Balaban J connectivity index is 2.09. The van der Waals surface area contributed by atoms with Crippen molar-refractivity contribution < 1.29 is 4.39 Å². The van der Waals surface area contributed by atoms with Crippen molar-refractivity contribution in [1.82, 2.24) is 0 Å². The Morgan fingerprint density at radius 1 is 1.56 bits per heavy atom. The smallest absolute Gasteiger partial charge is 0.161 e. The molecule has 1 aliphatic rings. The molecule has 86 valence electrons. The van der Waals surface area contributed by atoms with Crippen molar-refractivity contribution in [3.63, 3.8) is 0 Å². The normalized spacial score (nSPS) is 20.4. The van der Waals surface area contributed by atoms with Crippen LogP contribution in [0.3, 0.4) is 0 Å². The summed E-state index contributed by atoms with van der Waals surface area (Å²) in [7, 11) is 0. The van der Waals surface area contributed by atoms with E-state index in [-0.39, 0.29) is 5.82 Å². The number of thioether (sulfide) groups is 1. The Morgan fingerprint density at radius 3 is 3.00 bits per heavy atom. The topological polar surface area (TPSA) is 24.4 Å². The molecular formula is C11H12ClFN2S. The number of rotatable bonds is 1. The summed E-state index contributed by atoms with van der Waals surface area (Å²) in [6, 6.07) is 4.30. The van der Waals surface area contributed by atoms with Gasteiger partial charge in [0.05, 0.1) is 10.7 Å². The predicted octanol–water partition coefficient (Wildman–Crippen LogP) is 3.63. The second kappa shape index (κ2) is 5.06. The standard InChI is InChI=1S/C11H12ClFN2S/c1-7-5-14-11(16-6-7)15-10-3-2-8(13)4-9(10)12/h2-4,7H,5-6H2,1H3,(H,14,15). The maximum Gasteiger partial charge on any atom is 0.161 e. The number of hydrogen-bond acceptors (Lipinski definition) is 3. The van der Waals surface area contributed by atoms with E-state index in [0.717, 1.165) is 17.5 Å². The summed E-state index contributed by atoms with van der Waals surface area (Å²) in [5, 5.41) is 4.34. The molecule has 1 atom stereocenters. The van der Waals surface area contributed by atoms with Crippen LogP contribution in [0.15, 0.2) is 23.2 Å². The third kappa shape index (κ3) is 2.89. The van der Waals surface area contributed by atoms with Gasteiger partial charge in [-0.3, -0.25) is 4.99 Å². The lowest BCUT2D eigenvalue weighted by Crippen LogP contribution is -2.18. The number of hydrogen-bond donors (Lipinski definition) is 1. The molecule has 0 aromatic heterocycles. The number of nitrogens with zero attached hydrogens (tertiary/aromatic N) is 1. The van der Waals surface area contributed by atoms with E-state index in [1.165, 1.54) is 12.1 Å². The Labute approximate surface area is 103 Å². The molecule has 5 heteroatoms. The van der Waals surface area contributed by atoms with Crippen LogP contribution in [0.2, 0.25) is 5.02 Å². The van der Waals surface area contributed by atoms with Crippen molar-refractivity contribution in [3.05, 3.63) is 29.0 Å². The largest absolute Gasteiger partial charge is 0.334 e. The molecule has 0 radical (unpaired) electrons. The van der Waals surface area contributed by atoms with Gasteiger partial charge in [0.2, 0.25) is 0 Å². The molecule has 2 nitrogen and oxygen atoms in total. The van der Waals surface area contributed by atoms with Gasteiger partial charge in [-0.2, -0.15) is 0 Å². The average Bonchev–Trinajstić information content (AvgIpc) is 2.25. The van der Waals surface area contributed by atoms with Gasteiger partial charge in [-0.05, 0) is 24.1 Å². The third-order valence-corrected chi connectivity index (χ3v) is 3.78. The first-order chi connectivity index (χ1) is 7.65. The molecule has 0 spiro atoms. The number of nitrogens with one attached hydrogen (secondary N) is 1. The van der Waals surface area contributed by atoms with Crippen LogP contribution in [0.1, 0.15) is 6.92 Å². The molecule has 1 aromatic rings. The van der Waals surface area contributed by atoms with Gasteiger partial charge in [-0.1, -0.05) is 30.3 Å². The van der Waals surface area contributed by atoms with Crippen molar-refractivity contribution in [1.29, 1.82) is 0 Å². The first kappa shape index (κ1) is 11.7. The summed E-state index contributed by atoms with van der Waals surface area (Å²) >= 11 is 7.58. The van der Waals surface area contributed by atoms with E-state index >= 15 is 0 Å². The fraction of sp³-hybridized carbons (Fsp3) is 0.364. The number of anilines is 1. The molecule has 1 unspecified atom stereocenters. The summed E-state index contributed by atoms with van der Waals surface area (Å²) in [6.45, 7) is 2.99. The molecule has 0 fully saturated rings. The van der Waals surface area contributed by atoms with E-state index in [1.54, 1.807) is 17.8 Å². The maximum absolute atomic E-state index is 12.8. The van der Waals surface area contributed by atoms with Crippen molar-refractivity contribution in [3.8, 4) is 0 Å². The average molecular weight is 259 g/mol. The number of halogens is 2. The van der Waals surface area contributed by atoms with E-state index in [2.05, 4.69) is 17.2 Å². The first-order valence-corrected chi connectivity index (χ1v) is 6.41. The summed E-state index contributed by atoms with van der Waals surface area (Å²) < 4.78 is 12.8. The zero-order valence-electron chi connectivity index (χ0n) is 8.84. The summed E-state index contributed by atoms with van der Waals surface area (Å²) in [4.78, 5) is 4.39. The molecule has 1 aromatic carbocycles. The molecule has 16 heavy (non-hydrogen) atoms. The van der Waals surface area contributed by atoms with Gasteiger partial charge in [-0.25, -0.2) is 4.39 Å². The fourth-order valence-electron chi connectivity index (χ4n) is 1.34. The minimum absolute atomic E-state index is 0.331. The Bertz CT molecular complexity index is 422. The minimum atomic E-state index is -0.331. The van der Waals surface area contributed by atoms with Crippen molar-refractivity contribution in [2.24, 2.45) is 10.9 Å². The number of amidine groups is 1. The Morgan fingerprint density at radius 2 is 2.38 bits per heavy atom. The molecular weight excluding hydrogens is 247 g/mol. The molecule has 0 saturated heterocycles. The van der Waals surface area contributed by atoms with E-state index in [4.69, 9.17) is 11.6 Å². The highest BCUT2D eigenvalue weighted by atomic mass is 35.5. The number of benzene rings is 1. The highest BCUT2D eigenvalue weighted by Crippen LogP contribution is 2.25. The van der Waals surface area contributed by atoms with E-state index in [9.17, 15) is 4.39 Å². The van der Waals surface area contributed by atoms with Gasteiger partial charge in [0, 0.05) is 12.3 Å². The van der Waals surface area contributed by atoms with Crippen LogP contribution in [-0.4, -0.2) is 17.5 Å². The van der Waals surface area contributed by atoms with Gasteiger partial charge >= 0.3 is 0 Å². The zero-order valence-corrected chi connectivity index (χ0v) is 10.4. The second-order valence-corrected chi connectivity index (χ2v) is 5.23. The van der Waals surface area contributed by atoms with E-state index in [1.807, 2.05) is 0 Å². The summed E-state index contributed by atoms with van der Waals surface area (Å²) in [5.41, 5.74) is 0.698. The molecule has 0 bridgehead atoms. The third-order valence-electron chi connectivity index (χ3n) is 2.22. The molecule has 2 rings (SSSR count). The molecule has 1 N–H and O–H groups in total. The first-order valence-electron chi connectivity index (χ1n) is 5.04. The summed E-state index contributed by atoms with van der Waals surface area (Å²) in [6.07, 6.45) is 0. The molecule has 0 aliphatic carbocycles. The van der Waals surface area contributed by atoms with Gasteiger partial charge in [0.25, 0.3) is 0 Å². The highest BCUT2D eigenvalue weighted by molar-refractivity contribution is 8.14. The minimum Gasteiger partial charge on any atom is -0.334 e. The van der Waals surface area contributed by atoms with Gasteiger partial charge in [-0.15, -0.1) is 0 Å². The lowest BCUT2D eigenvalue weighted by molar-refractivity contribution is 0.628. The highest BCUT2D eigenvalue weighted by Gasteiger charge is 2.13. The van der Waals surface area contributed by atoms with Crippen molar-refractivity contribution >= 4 is 34.2 Å². The molecule has 0 amide bonds. The van der Waals surface area contributed by atoms with Gasteiger partial charge < -0.3 is 5.32 Å². The fourth-order valence-corrected chi connectivity index (χ4v) is 2.45. The molecule has 1 aliphatic heterocycles. The SMILES string of the molecule is CC1CN=C(Nc2ccc(F)cc2Cl)SC1. The van der Waals surface area contributed by atoms with Crippen LogP contribution >= 0.6 is 23.4 Å². The van der Waals surface area contributed by atoms with E-state index < -0.39 is 0 Å². The quantitative estimate of drug-likeness (QED) is 0.832. The van der Waals surface area contributed by atoms with E-state index in [0.29, 0.717) is 16.6 Å². The Hall–Kier alpha value is -0.740. The van der Waals surface area contributed by atoms with Crippen LogP contribution in [0.25, 0.3) is 0 Å². The van der Waals surface area contributed by atoms with Crippen LogP contribution < -0.4 is 5.32 Å². The lowest BCUT2D eigenvalue weighted by atomic mass is 10.2. The molecule has 1 heterocycles. The molecule has 0 saturated carbocycles. The second-order valence-electron chi connectivity index (χ2n) is 3.81. The van der Waals surface area contributed by atoms with Crippen LogP contribution in [0.4, 0.5) is 10.1 Å².